The van der Waals surface area contributed by atoms with Gasteiger partial charge >= 0.3 is 6.03 Å². The molecule has 2 aliphatic heterocycles. The summed E-state index contributed by atoms with van der Waals surface area (Å²) >= 11 is 0. The van der Waals surface area contributed by atoms with Crippen LogP contribution < -0.4 is 16.0 Å². The van der Waals surface area contributed by atoms with E-state index in [0.717, 1.165) is 28.5 Å². The fraction of sp³-hybridized carbons (Fsp3) is 0.240. The molecule has 168 valence electrons. The van der Waals surface area contributed by atoms with E-state index >= 15 is 0 Å². The van der Waals surface area contributed by atoms with Crippen molar-refractivity contribution >= 4 is 23.4 Å². The lowest BCUT2D eigenvalue weighted by atomic mass is 9.93. The maximum atomic E-state index is 13.1. The van der Waals surface area contributed by atoms with Crippen LogP contribution in [0.25, 0.3) is 0 Å². The highest BCUT2D eigenvalue weighted by Gasteiger charge is 2.47. The molecular formula is C25H25FN6O. The van der Waals surface area contributed by atoms with E-state index in [1.807, 2.05) is 42.5 Å². The molecule has 0 saturated carbocycles. The number of halogens is 1. The Bertz CT molecular complexity index is 1170. The lowest BCUT2D eigenvalue weighted by Gasteiger charge is -2.38. The predicted octanol–water partition coefficient (Wildman–Crippen LogP) is 4.01. The van der Waals surface area contributed by atoms with Gasteiger partial charge in [-0.2, -0.15) is 0 Å². The number of nitrogens with zero attached hydrogens (tertiary/aromatic N) is 3. The van der Waals surface area contributed by atoms with Gasteiger partial charge in [0.05, 0.1) is 18.8 Å². The molecule has 5 rings (SSSR count). The van der Waals surface area contributed by atoms with Crippen molar-refractivity contribution in [2.75, 3.05) is 23.7 Å². The van der Waals surface area contributed by atoms with Gasteiger partial charge < -0.3 is 20.9 Å². The van der Waals surface area contributed by atoms with Gasteiger partial charge in [0, 0.05) is 19.3 Å². The number of benzene rings is 2. The van der Waals surface area contributed by atoms with Gasteiger partial charge in [-0.1, -0.05) is 42.5 Å². The van der Waals surface area contributed by atoms with Gasteiger partial charge in [0.25, 0.3) is 0 Å². The number of amidine groups is 1. The molecular weight excluding hydrogens is 419 g/mol. The van der Waals surface area contributed by atoms with E-state index in [1.165, 1.54) is 12.1 Å². The van der Waals surface area contributed by atoms with Crippen LogP contribution in [-0.4, -0.2) is 40.4 Å². The van der Waals surface area contributed by atoms with Crippen LogP contribution in [0, 0.1) is 5.82 Å². The van der Waals surface area contributed by atoms with Crippen LogP contribution in [0.2, 0.25) is 0 Å². The molecule has 0 aliphatic carbocycles. The Morgan fingerprint density at radius 3 is 2.73 bits per heavy atom. The monoisotopic (exact) mass is 444 g/mol. The number of nitrogens with one attached hydrogen (secondary N) is 3. The third-order valence-corrected chi connectivity index (χ3v) is 6.05. The first-order valence-corrected chi connectivity index (χ1v) is 11.0. The maximum Gasteiger partial charge on any atom is 0.317 e. The lowest BCUT2D eigenvalue weighted by molar-refractivity contribution is 0.207. The first-order chi connectivity index (χ1) is 16.1. The zero-order chi connectivity index (χ0) is 22.7. The summed E-state index contributed by atoms with van der Waals surface area (Å²) in [5.41, 5.74) is 2.34. The molecule has 8 heteroatoms. The molecule has 2 aliphatic rings. The number of hydrogen-bond acceptors (Lipinski definition) is 4. The Labute approximate surface area is 191 Å². The average molecular weight is 445 g/mol. The number of amides is 2. The number of urea groups is 1. The van der Waals surface area contributed by atoms with Gasteiger partial charge in [0.15, 0.2) is 5.82 Å². The highest BCUT2D eigenvalue weighted by Crippen LogP contribution is 2.35. The third-order valence-electron chi connectivity index (χ3n) is 6.05. The Kier molecular flexibility index (Phi) is 5.64. The number of pyridine rings is 1. The minimum Gasteiger partial charge on any atom is -0.368 e. The van der Waals surface area contributed by atoms with E-state index in [4.69, 9.17) is 4.99 Å². The minimum atomic E-state index is -0.516. The number of carbonyl (C=O) groups is 1. The molecule has 1 atom stereocenters. The fourth-order valence-electron chi connectivity index (χ4n) is 4.27. The van der Waals surface area contributed by atoms with Gasteiger partial charge in [-0.25, -0.2) is 14.2 Å². The van der Waals surface area contributed by atoms with Crippen molar-refractivity contribution in [1.82, 2.24) is 15.2 Å². The summed E-state index contributed by atoms with van der Waals surface area (Å²) in [4.78, 5) is 24.0. The van der Waals surface area contributed by atoms with Crippen LogP contribution in [0.1, 0.15) is 17.5 Å². The quantitative estimate of drug-likeness (QED) is 0.568. The van der Waals surface area contributed by atoms with E-state index in [-0.39, 0.29) is 11.8 Å². The summed E-state index contributed by atoms with van der Waals surface area (Å²) in [5, 5.41) is 9.95. The fourth-order valence-corrected chi connectivity index (χ4v) is 4.27. The molecule has 2 aromatic carbocycles. The SMILES string of the molecule is O=C(NCc1ccc(F)cc1)N1CC[C@@]2(C1)Nc1cccnc1NC2=NCc1ccccc1. The second kappa shape index (κ2) is 8.90. The highest BCUT2D eigenvalue weighted by atomic mass is 19.1. The molecule has 2 amide bonds. The topological polar surface area (TPSA) is 81.7 Å². The zero-order valence-electron chi connectivity index (χ0n) is 18.1. The number of carbonyl (C=O) groups excluding carboxylic acids is 1. The number of aromatic nitrogens is 1. The summed E-state index contributed by atoms with van der Waals surface area (Å²) in [7, 11) is 0. The molecule has 1 aromatic heterocycles. The van der Waals surface area contributed by atoms with E-state index in [9.17, 15) is 9.18 Å². The summed E-state index contributed by atoms with van der Waals surface area (Å²) in [6, 6.07) is 19.9. The van der Waals surface area contributed by atoms with Crippen LogP contribution in [0.4, 0.5) is 20.7 Å². The lowest BCUT2D eigenvalue weighted by Crippen LogP contribution is -2.55. The van der Waals surface area contributed by atoms with Gasteiger partial charge in [-0.15, -0.1) is 0 Å². The van der Waals surface area contributed by atoms with E-state index in [0.29, 0.717) is 32.6 Å². The van der Waals surface area contributed by atoms with Crippen molar-refractivity contribution in [3.8, 4) is 0 Å². The molecule has 0 bridgehead atoms. The minimum absolute atomic E-state index is 0.155. The number of hydrogen-bond donors (Lipinski definition) is 3. The van der Waals surface area contributed by atoms with Crippen molar-refractivity contribution < 1.29 is 9.18 Å². The van der Waals surface area contributed by atoms with Crippen molar-refractivity contribution in [1.29, 1.82) is 0 Å². The van der Waals surface area contributed by atoms with Crippen LogP contribution >= 0.6 is 0 Å². The summed E-state index contributed by atoms with van der Waals surface area (Å²) < 4.78 is 13.1. The first kappa shape index (κ1) is 20.9. The zero-order valence-corrected chi connectivity index (χ0v) is 18.1. The highest BCUT2D eigenvalue weighted by molar-refractivity contribution is 6.09. The molecule has 0 radical (unpaired) electrons. The van der Waals surface area contributed by atoms with Gasteiger partial charge in [0.1, 0.15) is 17.2 Å². The molecule has 0 unspecified atom stereocenters. The number of likely N-dealkylation sites (tertiary alicyclic amines) is 1. The standard InChI is InChI=1S/C25H25FN6O/c26-20-10-8-19(9-11-20)16-29-24(33)32-14-12-25(17-32)23(28-15-18-5-2-1-3-6-18)30-22-21(31-25)7-4-13-27-22/h1-11,13,31H,12,14-17H2,(H,29,33)(H,27,28,30)/t25-/m0/s1. The van der Waals surface area contributed by atoms with Gasteiger partial charge in [0.2, 0.25) is 0 Å². The van der Waals surface area contributed by atoms with E-state index in [2.05, 4.69) is 20.9 Å². The predicted molar refractivity (Wildman–Crippen MR) is 127 cm³/mol. The normalized spacial score (nSPS) is 20.3. The summed E-state index contributed by atoms with van der Waals surface area (Å²) in [6.45, 7) is 1.93. The second-order valence-corrected chi connectivity index (χ2v) is 8.34. The van der Waals surface area contributed by atoms with Gasteiger partial charge in [-0.05, 0) is 41.8 Å². The second-order valence-electron chi connectivity index (χ2n) is 8.34. The van der Waals surface area contributed by atoms with Crippen molar-refractivity contribution in [2.24, 2.45) is 4.99 Å². The van der Waals surface area contributed by atoms with E-state index < -0.39 is 5.54 Å². The van der Waals surface area contributed by atoms with Gasteiger partial charge in [-0.3, -0.25) is 4.99 Å². The molecule has 1 spiro atoms. The largest absolute Gasteiger partial charge is 0.368 e. The van der Waals surface area contributed by atoms with Crippen molar-refractivity contribution in [3.05, 3.63) is 89.9 Å². The van der Waals surface area contributed by atoms with Crippen LogP contribution in [-0.2, 0) is 13.1 Å². The van der Waals surface area contributed by atoms with Crippen LogP contribution in [0.15, 0.2) is 77.9 Å². The molecule has 3 aromatic rings. The average Bonchev–Trinajstić information content (AvgIpc) is 3.27. The molecule has 1 fully saturated rings. The number of anilines is 2. The number of aliphatic imine (C=N–C) groups is 1. The molecule has 3 heterocycles. The van der Waals surface area contributed by atoms with Crippen LogP contribution in [0.5, 0.6) is 0 Å². The van der Waals surface area contributed by atoms with Crippen molar-refractivity contribution in [2.45, 2.75) is 25.0 Å². The van der Waals surface area contributed by atoms with E-state index in [1.54, 1.807) is 23.2 Å². The summed E-state index contributed by atoms with van der Waals surface area (Å²) in [5.74, 6) is 1.22. The summed E-state index contributed by atoms with van der Waals surface area (Å²) in [6.07, 6.45) is 2.45. The Balaban J connectivity index is 1.33. The number of rotatable bonds is 4. The molecule has 33 heavy (non-hydrogen) atoms. The maximum absolute atomic E-state index is 13.1. The first-order valence-electron chi connectivity index (χ1n) is 11.0. The third kappa shape index (κ3) is 4.50. The molecule has 7 nitrogen and oxygen atoms in total. The number of fused-ring (bicyclic) bond motifs is 1. The molecule has 1 saturated heterocycles. The smallest absolute Gasteiger partial charge is 0.317 e. The molecule has 3 N–H and O–H groups in total. The van der Waals surface area contributed by atoms with Crippen LogP contribution in [0.3, 0.4) is 0 Å². The Morgan fingerprint density at radius 2 is 1.91 bits per heavy atom. The Hall–Kier alpha value is -3.94. The van der Waals surface area contributed by atoms with Crippen molar-refractivity contribution in [3.63, 3.8) is 0 Å². The Morgan fingerprint density at radius 1 is 1.09 bits per heavy atom.